The quantitative estimate of drug-likeness (QED) is 0.869. The number of carbonyl (C=O) groups excluding carboxylic acids is 1. The van der Waals surface area contributed by atoms with Crippen molar-refractivity contribution in [2.45, 2.75) is 13.5 Å². The summed E-state index contributed by atoms with van der Waals surface area (Å²) in [6.07, 6.45) is 0. The third-order valence-electron chi connectivity index (χ3n) is 2.73. The summed E-state index contributed by atoms with van der Waals surface area (Å²) < 4.78 is 4.53. The van der Waals surface area contributed by atoms with Crippen LogP contribution in [0, 0.1) is 6.92 Å². The van der Waals surface area contributed by atoms with Crippen LogP contribution in [0.5, 0.6) is 0 Å². The van der Waals surface area contributed by atoms with Gasteiger partial charge in [0, 0.05) is 13.1 Å². The topological polar surface area (TPSA) is 79.5 Å². The molecular formula is C13H15N3O3. The highest BCUT2D eigenvalue weighted by Gasteiger charge is 2.21. The van der Waals surface area contributed by atoms with Gasteiger partial charge in [0.15, 0.2) is 5.69 Å². The molecule has 0 saturated heterocycles. The third-order valence-corrected chi connectivity index (χ3v) is 2.73. The van der Waals surface area contributed by atoms with Gasteiger partial charge in [-0.15, -0.1) is 0 Å². The van der Waals surface area contributed by atoms with Gasteiger partial charge < -0.3 is 10.0 Å². The number of carbonyl (C=O) groups is 1. The van der Waals surface area contributed by atoms with Crippen LogP contribution in [0.1, 0.15) is 21.7 Å². The highest BCUT2D eigenvalue weighted by molar-refractivity contribution is 5.93. The van der Waals surface area contributed by atoms with Crippen LogP contribution in [0.15, 0.2) is 35.0 Å². The predicted octanol–water partition coefficient (Wildman–Crippen LogP) is 1.01. The van der Waals surface area contributed by atoms with Gasteiger partial charge >= 0.3 is 0 Å². The summed E-state index contributed by atoms with van der Waals surface area (Å²) in [6.45, 7) is 2.19. The second-order valence-electron chi connectivity index (χ2n) is 4.13. The molecule has 19 heavy (non-hydrogen) atoms. The number of benzene rings is 1. The van der Waals surface area contributed by atoms with E-state index in [0.29, 0.717) is 12.2 Å². The summed E-state index contributed by atoms with van der Waals surface area (Å²) in [6, 6.07) is 9.56. The first-order valence-corrected chi connectivity index (χ1v) is 5.95. The zero-order valence-electron chi connectivity index (χ0n) is 10.6. The molecule has 0 spiro atoms. The van der Waals surface area contributed by atoms with Crippen molar-refractivity contribution in [1.82, 2.24) is 15.2 Å². The Morgan fingerprint density at radius 3 is 2.63 bits per heavy atom. The van der Waals surface area contributed by atoms with Crippen LogP contribution in [-0.2, 0) is 6.54 Å². The largest absolute Gasteiger partial charge is 0.395 e. The monoisotopic (exact) mass is 261 g/mol. The summed E-state index contributed by atoms with van der Waals surface area (Å²) in [5.74, 6) is -0.295. The maximum atomic E-state index is 12.3. The Morgan fingerprint density at radius 2 is 2.05 bits per heavy atom. The summed E-state index contributed by atoms with van der Waals surface area (Å²) in [5.41, 5.74) is 1.61. The van der Waals surface area contributed by atoms with E-state index < -0.39 is 0 Å². The Bertz CT molecular complexity index is 539. The Labute approximate surface area is 110 Å². The van der Waals surface area contributed by atoms with Gasteiger partial charge in [0.1, 0.15) is 5.69 Å². The molecule has 1 aromatic carbocycles. The summed E-state index contributed by atoms with van der Waals surface area (Å²) in [4.78, 5) is 13.8. The SMILES string of the molecule is Cc1nonc1C(=O)N(CCO)Cc1ccccc1. The Kier molecular flexibility index (Phi) is 4.25. The number of aliphatic hydroxyl groups is 1. The minimum atomic E-state index is -0.295. The van der Waals surface area contributed by atoms with Crippen molar-refractivity contribution >= 4 is 5.91 Å². The maximum Gasteiger partial charge on any atom is 0.278 e. The standard InChI is InChI=1S/C13H15N3O3/c1-10-12(15-19-14-10)13(18)16(7-8-17)9-11-5-3-2-4-6-11/h2-6,17H,7-9H2,1H3. The molecule has 6 heteroatoms. The van der Waals surface area contributed by atoms with Crippen LogP contribution in [-0.4, -0.2) is 39.4 Å². The highest BCUT2D eigenvalue weighted by atomic mass is 16.6. The van der Waals surface area contributed by atoms with Crippen molar-refractivity contribution in [3.63, 3.8) is 0 Å². The summed E-state index contributed by atoms with van der Waals surface area (Å²) >= 11 is 0. The zero-order chi connectivity index (χ0) is 13.7. The first-order valence-electron chi connectivity index (χ1n) is 5.95. The summed E-state index contributed by atoms with van der Waals surface area (Å²) in [7, 11) is 0. The van der Waals surface area contributed by atoms with Gasteiger partial charge in [-0.05, 0) is 17.6 Å². The molecule has 0 aliphatic rings. The van der Waals surface area contributed by atoms with Gasteiger partial charge in [-0.2, -0.15) is 0 Å². The van der Waals surface area contributed by atoms with E-state index in [-0.39, 0.29) is 24.8 Å². The molecule has 2 aromatic rings. The maximum absolute atomic E-state index is 12.3. The lowest BCUT2D eigenvalue weighted by atomic mass is 10.2. The fourth-order valence-electron chi connectivity index (χ4n) is 1.75. The molecule has 100 valence electrons. The number of hydrogen-bond donors (Lipinski definition) is 1. The molecule has 1 aromatic heterocycles. The number of amides is 1. The first kappa shape index (κ1) is 13.2. The van der Waals surface area contributed by atoms with Crippen LogP contribution >= 0.6 is 0 Å². The molecule has 0 atom stereocenters. The molecule has 1 N–H and O–H groups in total. The predicted molar refractivity (Wildman–Crippen MR) is 67.3 cm³/mol. The molecule has 0 aliphatic carbocycles. The molecule has 2 rings (SSSR count). The van der Waals surface area contributed by atoms with Crippen LogP contribution in [0.2, 0.25) is 0 Å². The van der Waals surface area contributed by atoms with Crippen molar-refractivity contribution in [2.75, 3.05) is 13.2 Å². The smallest absolute Gasteiger partial charge is 0.278 e. The van der Waals surface area contributed by atoms with E-state index in [1.807, 2.05) is 30.3 Å². The fourth-order valence-corrected chi connectivity index (χ4v) is 1.75. The van der Waals surface area contributed by atoms with Crippen molar-refractivity contribution in [1.29, 1.82) is 0 Å². The molecule has 1 amide bonds. The molecule has 0 unspecified atom stereocenters. The van der Waals surface area contributed by atoms with Gasteiger partial charge in [-0.3, -0.25) is 4.79 Å². The third kappa shape index (κ3) is 3.17. The molecule has 0 bridgehead atoms. The van der Waals surface area contributed by atoms with E-state index in [4.69, 9.17) is 5.11 Å². The zero-order valence-corrected chi connectivity index (χ0v) is 10.6. The van der Waals surface area contributed by atoms with E-state index in [1.54, 1.807) is 6.92 Å². The van der Waals surface area contributed by atoms with Gasteiger partial charge in [0.25, 0.3) is 5.91 Å². The van der Waals surface area contributed by atoms with Crippen molar-refractivity contribution < 1.29 is 14.5 Å². The molecule has 0 fully saturated rings. The molecular weight excluding hydrogens is 246 g/mol. The number of nitrogens with zero attached hydrogens (tertiary/aromatic N) is 3. The lowest BCUT2D eigenvalue weighted by Gasteiger charge is -2.20. The number of aryl methyl sites for hydroxylation is 1. The molecule has 1 heterocycles. The first-order chi connectivity index (χ1) is 9.22. The fraction of sp³-hybridized carbons (Fsp3) is 0.308. The van der Waals surface area contributed by atoms with E-state index >= 15 is 0 Å². The molecule has 0 saturated carbocycles. The van der Waals surface area contributed by atoms with Crippen LogP contribution < -0.4 is 0 Å². The molecule has 0 radical (unpaired) electrons. The second-order valence-corrected chi connectivity index (χ2v) is 4.13. The van der Waals surface area contributed by atoms with E-state index in [1.165, 1.54) is 4.90 Å². The Hall–Kier alpha value is -2.21. The van der Waals surface area contributed by atoms with E-state index in [9.17, 15) is 4.79 Å². The number of aromatic nitrogens is 2. The molecule has 0 aliphatic heterocycles. The minimum absolute atomic E-state index is 0.108. The van der Waals surface area contributed by atoms with Gasteiger partial charge in [-0.25, -0.2) is 4.63 Å². The normalized spacial score (nSPS) is 10.4. The lowest BCUT2D eigenvalue weighted by Crippen LogP contribution is -2.33. The van der Waals surface area contributed by atoms with Gasteiger partial charge in [-0.1, -0.05) is 35.5 Å². The lowest BCUT2D eigenvalue weighted by molar-refractivity contribution is 0.0696. The number of rotatable bonds is 5. The van der Waals surface area contributed by atoms with Crippen LogP contribution in [0.4, 0.5) is 0 Å². The average molecular weight is 261 g/mol. The van der Waals surface area contributed by atoms with Gasteiger partial charge in [0.2, 0.25) is 0 Å². The van der Waals surface area contributed by atoms with Crippen molar-refractivity contribution in [2.24, 2.45) is 0 Å². The van der Waals surface area contributed by atoms with Crippen molar-refractivity contribution in [3.05, 3.63) is 47.3 Å². The van der Waals surface area contributed by atoms with Crippen LogP contribution in [0.25, 0.3) is 0 Å². The summed E-state index contributed by atoms with van der Waals surface area (Å²) in [5, 5.41) is 16.3. The second kappa shape index (κ2) is 6.10. The minimum Gasteiger partial charge on any atom is -0.395 e. The Morgan fingerprint density at radius 1 is 1.32 bits per heavy atom. The average Bonchev–Trinajstić information content (AvgIpc) is 2.85. The number of hydrogen-bond acceptors (Lipinski definition) is 5. The van der Waals surface area contributed by atoms with Gasteiger partial charge in [0.05, 0.1) is 6.61 Å². The van der Waals surface area contributed by atoms with E-state index in [0.717, 1.165) is 5.56 Å². The number of aliphatic hydroxyl groups excluding tert-OH is 1. The van der Waals surface area contributed by atoms with Crippen LogP contribution in [0.3, 0.4) is 0 Å². The van der Waals surface area contributed by atoms with E-state index in [2.05, 4.69) is 14.9 Å². The highest BCUT2D eigenvalue weighted by Crippen LogP contribution is 2.10. The Balaban J connectivity index is 2.16. The molecule has 6 nitrogen and oxygen atoms in total. The van der Waals surface area contributed by atoms with Crippen molar-refractivity contribution in [3.8, 4) is 0 Å².